The first kappa shape index (κ1) is 15.3. The third-order valence-corrected chi connectivity index (χ3v) is 4.10. The highest BCUT2D eigenvalue weighted by molar-refractivity contribution is 9.10. The molecule has 0 bridgehead atoms. The summed E-state index contributed by atoms with van der Waals surface area (Å²) >= 11 is 3.22. The van der Waals surface area contributed by atoms with Gasteiger partial charge in [-0.25, -0.2) is 4.39 Å². The smallest absolute Gasteiger partial charge is 0.263 e. The number of likely N-dealkylation sites (tertiary alicyclic amines) is 1. The fraction of sp³-hybridized carbons (Fsp3) is 0.500. The lowest BCUT2D eigenvalue weighted by molar-refractivity contribution is -0.138. The Labute approximate surface area is 126 Å². The molecule has 0 saturated carbocycles. The summed E-state index contributed by atoms with van der Waals surface area (Å²) in [7, 11) is 0. The average Bonchev–Trinajstić information content (AvgIpc) is 2.89. The molecular weight excluding hydrogens is 327 g/mol. The predicted molar refractivity (Wildman–Crippen MR) is 78.0 cm³/mol. The van der Waals surface area contributed by atoms with Crippen LogP contribution in [-0.4, -0.2) is 36.0 Å². The standard InChI is InChI=1S/C14H18BrFN2O2/c1-9(14(19)18-6-2-3-11(18)8-17)20-13-5-4-10(16)7-12(13)15/h4-5,7,9,11H,2-3,6,8,17H2,1H3/t9-,11+/m1/s1. The fourth-order valence-electron chi connectivity index (χ4n) is 2.42. The summed E-state index contributed by atoms with van der Waals surface area (Å²) in [6.07, 6.45) is 1.29. The molecule has 0 unspecified atom stereocenters. The quantitative estimate of drug-likeness (QED) is 0.911. The van der Waals surface area contributed by atoms with Gasteiger partial charge in [-0.05, 0) is 53.9 Å². The molecule has 4 nitrogen and oxygen atoms in total. The van der Waals surface area contributed by atoms with Crippen LogP contribution in [0, 0.1) is 5.82 Å². The van der Waals surface area contributed by atoms with Crippen LogP contribution in [0.4, 0.5) is 4.39 Å². The highest BCUT2D eigenvalue weighted by Crippen LogP contribution is 2.27. The van der Waals surface area contributed by atoms with Crippen LogP contribution in [0.3, 0.4) is 0 Å². The number of carbonyl (C=O) groups is 1. The molecule has 1 aromatic rings. The molecule has 110 valence electrons. The van der Waals surface area contributed by atoms with Crippen LogP contribution >= 0.6 is 15.9 Å². The molecule has 20 heavy (non-hydrogen) atoms. The summed E-state index contributed by atoms with van der Waals surface area (Å²) in [5, 5.41) is 0. The van der Waals surface area contributed by atoms with E-state index in [9.17, 15) is 9.18 Å². The van der Waals surface area contributed by atoms with Gasteiger partial charge >= 0.3 is 0 Å². The Balaban J connectivity index is 2.04. The van der Waals surface area contributed by atoms with Crippen molar-refractivity contribution in [2.45, 2.75) is 31.9 Å². The van der Waals surface area contributed by atoms with E-state index in [0.29, 0.717) is 16.8 Å². The van der Waals surface area contributed by atoms with Crippen molar-refractivity contribution >= 4 is 21.8 Å². The van der Waals surface area contributed by atoms with Crippen LogP contribution < -0.4 is 10.5 Å². The van der Waals surface area contributed by atoms with E-state index in [-0.39, 0.29) is 17.8 Å². The zero-order valence-corrected chi connectivity index (χ0v) is 12.9. The Morgan fingerprint density at radius 2 is 2.40 bits per heavy atom. The lowest BCUT2D eigenvalue weighted by Crippen LogP contribution is -2.45. The van der Waals surface area contributed by atoms with Crippen molar-refractivity contribution in [1.82, 2.24) is 4.90 Å². The van der Waals surface area contributed by atoms with Crippen molar-refractivity contribution in [3.8, 4) is 5.75 Å². The van der Waals surface area contributed by atoms with E-state index < -0.39 is 6.10 Å². The molecule has 1 aliphatic rings. The van der Waals surface area contributed by atoms with Crippen molar-refractivity contribution in [2.24, 2.45) is 5.73 Å². The van der Waals surface area contributed by atoms with E-state index in [1.165, 1.54) is 18.2 Å². The molecule has 2 N–H and O–H groups in total. The van der Waals surface area contributed by atoms with E-state index in [0.717, 1.165) is 19.4 Å². The van der Waals surface area contributed by atoms with Crippen molar-refractivity contribution in [2.75, 3.05) is 13.1 Å². The first-order valence-electron chi connectivity index (χ1n) is 6.65. The van der Waals surface area contributed by atoms with Gasteiger partial charge in [0, 0.05) is 19.1 Å². The van der Waals surface area contributed by atoms with Crippen LogP contribution in [0.1, 0.15) is 19.8 Å². The molecule has 1 amide bonds. The SMILES string of the molecule is C[C@@H](Oc1ccc(F)cc1Br)C(=O)N1CCC[C@H]1CN. The largest absolute Gasteiger partial charge is 0.480 e. The molecule has 1 aromatic carbocycles. The number of carbonyl (C=O) groups excluding carboxylic acids is 1. The lowest BCUT2D eigenvalue weighted by Gasteiger charge is -2.27. The van der Waals surface area contributed by atoms with Gasteiger partial charge < -0.3 is 15.4 Å². The number of benzene rings is 1. The number of amides is 1. The number of hydrogen-bond acceptors (Lipinski definition) is 3. The van der Waals surface area contributed by atoms with Gasteiger partial charge in [0.05, 0.1) is 4.47 Å². The van der Waals surface area contributed by atoms with Gasteiger partial charge in [0.15, 0.2) is 6.10 Å². The van der Waals surface area contributed by atoms with Gasteiger partial charge in [0.1, 0.15) is 11.6 Å². The van der Waals surface area contributed by atoms with Crippen LogP contribution in [0.25, 0.3) is 0 Å². The van der Waals surface area contributed by atoms with Gasteiger partial charge in [-0.2, -0.15) is 0 Å². The Bertz CT molecular complexity index is 498. The highest BCUT2D eigenvalue weighted by atomic mass is 79.9. The van der Waals surface area contributed by atoms with E-state index in [4.69, 9.17) is 10.5 Å². The first-order valence-corrected chi connectivity index (χ1v) is 7.44. The van der Waals surface area contributed by atoms with Crippen molar-refractivity contribution < 1.29 is 13.9 Å². The molecule has 1 saturated heterocycles. The van der Waals surface area contributed by atoms with Crippen LogP contribution in [0.15, 0.2) is 22.7 Å². The molecule has 0 aromatic heterocycles. The predicted octanol–water partition coefficient (Wildman–Crippen LogP) is 2.31. The van der Waals surface area contributed by atoms with Gasteiger partial charge in [-0.15, -0.1) is 0 Å². The number of nitrogens with zero attached hydrogens (tertiary/aromatic N) is 1. The third kappa shape index (κ3) is 3.30. The van der Waals surface area contributed by atoms with Crippen LogP contribution in [0.5, 0.6) is 5.75 Å². The topological polar surface area (TPSA) is 55.6 Å². The van der Waals surface area contributed by atoms with E-state index in [2.05, 4.69) is 15.9 Å². The van der Waals surface area contributed by atoms with E-state index >= 15 is 0 Å². The summed E-state index contributed by atoms with van der Waals surface area (Å²) in [6.45, 7) is 2.89. The van der Waals surface area contributed by atoms with E-state index in [1.54, 1.807) is 11.8 Å². The summed E-state index contributed by atoms with van der Waals surface area (Å²) in [5.74, 6) is 0.0239. The monoisotopic (exact) mass is 344 g/mol. The minimum absolute atomic E-state index is 0.0748. The number of halogens is 2. The summed E-state index contributed by atoms with van der Waals surface area (Å²) in [6, 6.07) is 4.22. The van der Waals surface area contributed by atoms with Gasteiger partial charge in [-0.3, -0.25) is 4.79 Å². The Morgan fingerprint density at radius 1 is 1.65 bits per heavy atom. The Kier molecular flexibility index (Phi) is 4.99. The third-order valence-electron chi connectivity index (χ3n) is 3.48. The zero-order valence-electron chi connectivity index (χ0n) is 11.3. The van der Waals surface area contributed by atoms with Crippen molar-refractivity contribution in [3.63, 3.8) is 0 Å². The van der Waals surface area contributed by atoms with Crippen LogP contribution in [-0.2, 0) is 4.79 Å². The Morgan fingerprint density at radius 3 is 3.05 bits per heavy atom. The maximum Gasteiger partial charge on any atom is 0.263 e. The number of ether oxygens (including phenoxy) is 1. The minimum atomic E-state index is -0.621. The maximum atomic E-state index is 13.0. The molecule has 0 spiro atoms. The molecule has 0 radical (unpaired) electrons. The molecule has 2 rings (SSSR count). The highest BCUT2D eigenvalue weighted by Gasteiger charge is 2.31. The molecule has 6 heteroatoms. The van der Waals surface area contributed by atoms with Gasteiger partial charge in [0.25, 0.3) is 5.91 Å². The summed E-state index contributed by atoms with van der Waals surface area (Å²) in [5.41, 5.74) is 5.67. The molecule has 2 atom stereocenters. The normalized spacial score (nSPS) is 20.0. The van der Waals surface area contributed by atoms with Gasteiger partial charge in [-0.1, -0.05) is 0 Å². The average molecular weight is 345 g/mol. The molecule has 1 fully saturated rings. The summed E-state index contributed by atoms with van der Waals surface area (Å²) in [4.78, 5) is 14.1. The van der Waals surface area contributed by atoms with Crippen LogP contribution in [0.2, 0.25) is 0 Å². The second kappa shape index (κ2) is 6.54. The fourth-order valence-corrected chi connectivity index (χ4v) is 2.86. The van der Waals surface area contributed by atoms with Crippen molar-refractivity contribution in [1.29, 1.82) is 0 Å². The molecular formula is C14H18BrFN2O2. The molecule has 0 aliphatic carbocycles. The lowest BCUT2D eigenvalue weighted by atomic mass is 10.2. The number of rotatable bonds is 4. The molecule has 1 heterocycles. The summed E-state index contributed by atoms with van der Waals surface area (Å²) < 4.78 is 19.1. The van der Waals surface area contributed by atoms with Gasteiger partial charge in [0.2, 0.25) is 0 Å². The maximum absolute atomic E-state index is 13.0. The van der Waals surface area contributed by atoms with Crippen molar-refractivity contribution in [3.05, 3.63) is 28.5 Å². The number of nitrogens with two attached hydrogens (primary N) is 1. The second-order valence-corrected chi connectivity index (χ2v) is 5.75. The zero-order chi connectivity index (χ0) is 14.7. The Hall–Kier alpha value is -1.14. The second-order valence-electron chi connectivity index (χ2n) is 4.90. The molecule has 1 aliphatic heterocycles. The number of hydrogen-bond donors (Lipinski definition) is 1. The first-order chi connectivity index (χ1) is 9.52. The van der Waals surface area contributed by atoms with E-state index in [1.807, 2.05) is 0 Å². The minimum Gasteiger partial charge on any atom is -0.480 e.